The van der Waals surface area contributed by atoms with Crippen LogP contribution in [-0.2, 0) is 22.2 Å². The van der Waals surface area contributed by atoms with Crippen molar-refractivity contribution in [2.24, 2.45) is 0 Å². The van der Waals surface area contributed by atoms with Crippen molar-refractivity contribution in [2.75, 3.05) is 59.9 Å². The fourth-order valence-corrected chi connectivity index (χ4v) is 4.60. The maximum absolute atomic E-state index is 11.9. The summed E-state index contributed by atoms with van der Waals surface area (Å²) in [5, 5.41) is 1.08. The SMILES string of the molecule is CNS(=O)(=O)Cc1ccc2[nH]cc(CCCN(C)CCN(C)c3ncnc(OC)c3OC)c2c1. The van der Waals surface area contributed by atoms with Crippen LogP contribution in [0.25, 0.3) is 10.9 Å². The molecule has 0 atom stereocenters. The molecule has 0 aliphatic rings. The van der Waals surface area contributed by atoms with Crippen LogP contribution in [0.3, 0.4) is 0 Å². The lowest BCUT2D eigenvalue weighted by atomic mass is 10.1. The van der Waals surface area contributed by atoms with Crippen LogP contribution in [0.1, 0.15) is 17.5 Å². The van der Waals surface area contributed by atoms with Gasteiger partial charge in [0.2, 0.25) is 15.8 Å². The highest BCUT2D eigenvalue weighted by molar-refractivity contribution is 7.88. The molecule has 186 valence electrons. The van der Waals surface area contributed by atoms with Gasteiger partial charge in [-0.3, -0.25) is 0 Å². The average Bonchev–Trinajstić information content (AvgIpc) is 3.23. The fourth-order valence-electron chi connectivity index (χ4n) is 3.84. The molecule has 0 amide bonds. The van der Waals surface area contributed by atoms with Gasteiger partial charge in [-0.05, 0) is 56.7 Å². The second-order valence-electron chi connectivity index (χ2n) is 8.23. The number of methoxy groups -OCH3 is 2. The number of likely N-dealkylation sites (N-methyl/N-ethyl adjacent to an activating group) is 2. The van der Waals surface area contributed by atoms with Crippen LogP contribution in [0.2, 0.25) is 0 Å². The molecule has 0 bridgehead atoms. The number of sulfonamides is 1. The van der Waals surface area contributed by atoms with Crippen molar-refractivity contribution in [2.45, 2.75) is 18.6 Å². The van der Waals surface area contributed by atoms with E-state index in [-0.39, 0.29) is 5.75 Å². The molecule has 0 radical (unpaired) electrons. The zero-order valence-electron chi connectivity index (χ0n) is 20.5. The van der Waals surface area contributed by atoms with Crippen molar-refractivity contribution in [1.29, 1.82) is 0 Å². The molecule has 34 heavy (non-hydrogen) atoms. The molecule has 1 aromatic carbocycles. The Bertz CT molecular complexity index is 1200. The molecule has 0 saturated carbocycles. The average molecular weight is 491 g/mol. The predicted molar refractivity (Wildman–Crippen MR) is 134 cm³/mol. The monoisotopic (exact) mass is 490 g/mol. The van der Waals surface area contributed by atoms with Gasteiger partial charge >= 0.3 is 0 Å². The van der Waals surface area contributed by atoms with Crippen LogP contribution in [0.15, 0.2) is 30.7 Å². The van der Waals surface area contributed by atoms with Gasteiger partial charge in [0.25, 0.3) is 5.88 Å². The number of benzene rings is 1. The minimum absolute atomic E-state index is 0.0245. The third-order valence-electron chi connectivity index (χ3n) is 5.81. The Kier molecular flexibility index (Phi) is 8.70. The third-order valence-corrected chi connectivity index (χ3v) is 7.15. The number of H-pyrrole nitrogens is 1. The van der Waals surface area contributed by atoms with Gasteiger partial charge in [0.1, 0.15) is 6.33 Å². The molecule has 0 saturated heterocycles. The molecule has 10 nitrogen and oxygen atoms in total. The van der Waals surface area contributed by atoms with Crippen molar-refractivity contribution < 1.29 is 17.9 Å². The van der Waals surface area contributed by atoms with Gasteiger partial charge in [-0.15, -0.1) is 0 Å². The molecule has 3 aromatic rings. The summed E-state index contributed by atoms with van der Waals surface area (Å²) in [5.41, 5.74) is 2.99. The lowest BCUT2D eigenvalue weighted by Gasteiger charge is -2.24. The number of nitrogens with zero attached hydrogens (tertiary/aromatic N) is 4. The highest BCUT2D eigenvalue weighted by Crippen LogP contribution is 2.32. The van der Waals surface area contributed by atoms with Crippen LogP contribution < -0.4 is 19.1 Å². The Morgan fingerprint density at radius 3 is 2.59 bits per heavy atom. The number of anilines is 1. The Morgan fingerprint density at radius 2 is 1.88 bits per heavy atom. The lowest BCUT2D eigenvalue weighted by molar-refractivity contribution is 0.331. The number of aromatic amines is 1. The highest BCUT2D eigenvalue weighted by Gasteiger charge is 2.17. The van der Waals surface area contributed by atoms with Crippen LogP contribution in [0, 0.1) is 0 Å². The molecule has 0 spiro atoms. The summed E-state index contributed by atoms with van der Waals surface area (Å²) in [4.78, 5) is 16.0. The van der Waals surface area contributed by atoms with Gasteiger partial charge in [-0.25, -0.2) is 18.1 Å². The quantitative estimate of drug-likeness (QED) is 0.374. The first-order chi connectivity index (χ1) is 16.3. The van der Waals surface area contributed by atoms with Gasteiger partial charge in [0, 0.05) is 37.2 Å². The van der Waals surface area contributed by atoms with Crippen molar-refractivity contribution in [3.05, 3.63) is 41.9 Å². The van der Waals surface area contributed by atoms with Crippen molar-refractivity contribution in [3.63, 3.8) is 0 Å². The van der Waals surface area contributed by atoms with Gasteiger partial charge in [0.05, 0.1) is 20.0 Å². The Hall–Kier alpha value is -2.89. The van der Waals surface area contributed by atoms with E-state index in [9.17, 15) is 8.42 Å². The summed E-state index contributed by atoms with van der Waals surface area (Å²) in [5.74, 6) is 1.61. The van der Waals surface area contributed by atoms with Crippen LogP contribution in [-0.4, -0.2) is 83.3 Å². The zero-order valence-corrected chi connectivity index (χ0v) is 21.3. The molecule has 0 unspecified atom stereocenters. The third kappa shape index (κ3) is 6.37. The highest BCUT2D eigenvalue weighted by atomic mass is 32.2. The molecule has 0 fully saturated rings. The number of ether oxygens (including phenoxy) is 2. The first-order valence-electron chi connectivity index (χ1n) is 11.1. The molecule has 0 aliphatic carbocycles. The van der Waals surface area contributed by atoms with Crippen LogP contribution >= 0.6 is 0 Å². The number of rotatable bonds is 13. The van der Waals surface area contributed by atoms with Gasteiger partial charge in [0.15, 0.2) is 5.82 Å². The summed E-state index contributed by atoms with van der Waals surface area (Å²) < 4.78 is 36.9. The van der Waals surface area contributed by atoms with E-state index in [4.69, 9.17) is 9.47 Å². The largest absolute Gasteiger partial charge is 0.489 e. The van der Waals surface area contributed by atoms with E-state index in [0.29, 0.717) is 17.4 Å². The molecule has 0 aliphatic heterocycles. The van der Waals surface area contributed by atoms with Crippen LogP contribution in [0.4, 0.5) is 5.82 Å². The van der Waals surface area contributed by atoms with Crippen molar-refractivity contribution >= 4 is 26.7 Å². The number of hydrogen-bond donors (Lipinski definition) is 2. The Morgan fingerprint density at radius 1 is 1.09 bits per heavy atom. The van der Waals surface area contributed by atoms with Crippen molar-refractivity contribution in [3.8, 4) is 11.6 Å². The number of nitrogens with one attached hydrogen (secondary N) is 2. The van der Waals surface area contributed by atoms with Gasteiger partial charge < -0.3 is 24.3 Å². The van der Waals surface area contributed by atoms with E-state index >= 15 is 0 Å². The lowest BCUT2D eigenvalue weighted by Crippen LogP contribution is -2.32. The molecular weight excluding hydrogens is 456 g/mol. The second-order valence-corrected chi connectivity index (χ2v) is 10.2. The Balaban J connectivity index is 1.54. The Labute approximate surface area is 201 Å². The number of aryl methyl sites for hydroxylation is 1. The summed E-state index contributed by atoms with van der Waals surface area (Å²) in [6.07, 6.45) is 5.37. The van der Waals surface area contributed by atoms with E-state index in [0.717, 1.165) is 48.9 Å². The summed E-state index contributed by atoms with van der Waals surface area (Å²) in [6, 6.07) is 5.76. The fraction of sp³-hybridized carbons (Fsp3) is 0.478. The first kappa shape index (κ1) is 25.7. The number of hydrogen-bond acceptors (Lipinski definition) is 8. The molecule has 3 rings (SSSR count). The van der Waals surface area contributed by atoms with Crippen LogP contribution in [0.5, 0.6) is 11.6 Å². The maximum atomic E-state index is 11.9. The predicted octanol–water partition coefficient (Wildman–Crippen LogP) is 2.03. The van der Waals surface area contributed by atoms with Gasteiger partial charge in [-0.1, -0.05) is 6.07 Å². The van der Waals surface area contributed by atoms with Gasteiger partial charge in [-0.2, -0.15) is 4.98 Å². The minimum atomic E-state index is -3.30. The molecule has 2 aromatic heterocycles. The number of aromatic nitrogens is 3. The van der Waals surface area contributed by atoms with E-state index < -0.39 is 10.0 Å². The van der Waals surface area contributed by atoms with E-state index in [2.05, 4.69) is 31.6 Å². The molecule has 2 N–H and O–H groups in total. The minimum Gasteiger partial charge on any atom is -0.489 e. The van der Waals surface area contributed by atoms with E-state index in [1.165, 1.54) is 18.9 Å². The first-order valence-corrected chi connectivity index (χ1v) is 12.8. The normalized spacial score (nSPS) is 11.8. The standard InChI is InChI=1S/C23H34N6O4S/c1-24-34(30,31)15-17-8-9-20-19(13-17)18(14-25-20)7-6-10-28(2)11-12-29(3)22-21(32-4)23(33-5)27-16-26-22/h8-9,13-14,16,24-25H,6-7,10-12,15H2,1-5H3. The number of fused-ring (bicyclic) bond motifs is 1. The topological polar surface area (TPSA) is 113 Å². The van der Waals surface area contributed by atoms with E-state index in [1.807, 2.05) is 36.3 Å². The summed E-state index contributed by atoms with van der Waals surface area (Å²) >= 11 is 0. The molecule has 11 heteroatoms. The second kappa shape index (κ2) is 11.5. The van der Waals surface area contributed by atoms with E-state index in [1.54, 1.807) is 14.2 Å². The molecular formula is C23H34N6O4S. The summed E-state index contributed by atoms with van der Waals surface area (Å²) in [6.45, 7) is 2.55. The zero-order chi connectivity index (χ0) is 24.7. The summed E-state index contributed by atoms with van der Waals surface area (Å²) in [7, 11) is 5.34. The van der Waals surface area contributed by atoms with Crippen molar-refractivity contribution in [1.82, 2.24) is 24.6 Å². The molecule has 2 heterocycles. The smallest absolute Gasteiger partial charge is 0.262 e. The maximum Gasteiger partial charge on any atom is 0.262 e.